The summed E-state index contributed by atoms with van der Waals surface area (Å²) >= 11 is 1.74. The van der Waals surface area contributed by atoms with Crippen molar-refractivity contribution in [3.8, 4) is 0 Å². The van der Waals surface area contributed by atoms with Crippen molar-refractivity contribution in [1.82, 2.24) is 4.98 Å². The van der Waals surface area contributed by atoms with E-state index in [1.165, 1.54) is 4.88 Å². The number of hydrogen-bond donors (Lipinski definition) is 0. The third-order valence-corrected chi connectivity index (χ3v) is 3.12. The zero-order chi connectivity index (χ0) is 9.84. The summed E-state index contributed by atoms with van der Waals surface area (Å²) in [6.07, 6.45) is 2.55. The monoisotopic (exact) mass is 197 g/mol. The van der Waals surface area contributed by atoms with Gasteiger partial charge in [-0.1, -0.05) is 0 Å². The fraction of sp³-hybridized carbons (Fsp3) is 0.600. The van der Waals surface area contributed by atoms with Crippen molar-refractivity contribution in [3.05, 3.63) is 15.6 Å². The predicted octanol–water partition coefficient (Wildman–Crippen LogP) is 2.67. The van der Waals surface area contributed by atoms with Gasteiger partial charge in [0.1, 0.15) is 5.78 Å². The second-order valence-electron chi connectivity index (χ2n) is 3.30. The fourth-order valence-electron chi connectivity index (χ4n) is 1.13. The Hall–Kier alpha value is -0.700. The highest BCUT2D eigenvalue weighted by Crippen LogP contribution is 2.18. The molecule has 0 spiro atoms. The summed E-state index contributed by atoms with van der Waals surface area (Å²) in [5, 5.41) is 1.16. The summed E-state index contributed by atoms with van der Waals surface area (Å²) in [4.78, 5) is 16.4. The van der Waals surface area contributed by atoms with Gasteiger partial charge in [-0.05, 0) is 33.6 Å². The van der Waals surface area contributed by atoms with Gasteiger partial charge in [0, 0.05) is 11.3 Å². The molecule has 3 heteroatoms. The molecule has 0 saturated heterocycles. The Morgan fingerprint density at radius 2 is 2.15 bits per heavy atom. The number of nitrogens with zero attached hydrogens (tertiary/aromatic N) is 1. The Balaban J connectivity index is 2.41. The van der Waals surface area contributed by atoms with Crippen LogP contribution in [0.15, 0.2) is 0 Å². The Kier molecular flexibility index (Phi) is 3.60. The van der Waals surface area contributed by atoms with Crippen molar-refractivity contribution in [2.45, 2.75) is 40.0 Å². The molecule has 0 aromatic carbocycles. The molecule has 1 heterocycles. The second kappa shape index (κ2) is 4.51. The molecule has 0 radical (unpaired) electrons. The van der Waals surface area contributed by atoms with Gasteiger partial charge in [-0.2, -0.15) is 0 Å². The second-order valence-corrected chi connectivity index (χ2v) is 4.59. The van der Waals surface area contributed by atoms with Gasteiger partial charge in [-0.25, -0.2) is 4.98 Å². The van der Waals surface area contributed by atoms with E-state index in [-0.39, 0.29) is 5.78 Å². The minimum absolute atomic E-state index is 0.269. The average Bonchev–Trinajstić information content (AvgIpc) is 2.30. The highest BCUT2D eigenvalue weighted by molar-refractivity contribution is 7.11. The van der Waals surface area contributed by atoms with Crippen LogP contribution in [0, 0.1) is 13.8 Å². The molecule has 0 saturated carbocycles. The van der Waals surface area contributed by atoms with E-state index in [0.717, 1.165) is 23.5 Å². The minimum atomic E-state index is 0.269. The number of aryl methyl sites for hydroxylation is 3. The van der Waals surface area contributed by atoms with Gasteiger partial charge >= 0.3 is 0 Å². The topological polar surface area (TPSA) is 30.0 Å². The first-order chi connectivity index (χ1) is 6.09. The summed E-state index contributed by atoms with van der Waals surface area (Å²) in [6, 6.07) is 0. The fourth-order valence-corrected chi connectivity index (χ4v) is 2.11. The summed E-state index contributed by atoms with van der Waals surface area (Å²) in [5.41, 5.74) is 1.13. The van der Waals surface area contributed by atoms with Crippen molar-refractivity contribution in [2.24, 2.45) is 0 Å². The van der Waals surface area contributed by atoms with Crippen LogP contribution in [-0.2, 0) is 11.2 Å². The van der Waals surface area contributed by atoms with Crippen LogP contribution < -0.4 is 0 Å². The summed E-state index contributed by atoms with van der Waals surface area (Å²) in [5.74, 6) is 0.269. The maximum absolute atomic E-state index is 10.7. The zero-order valence-corrected chi connectivity index (χ0v) is 9.20. The molecule has 0 unspecified atom stereocenters. The number of hydrogen-bond acceptors (Lipinski definition) is 3. The Morgan fingerprint density at radius 3 is 2.62 bits per heavy atom. The van der Waals surface area contributed by atoms with Crippen LogP contribution in [0.1, 0.15) is 35.3 Å². The van der Waals surface area contributed by atoms with E-state index in [0.29, 0.717) is 6.42 Å². The molecule has 0 atom stereocenters. The van der Waals surface area contributed by atoms with Crippen LogP contribution in [-0.4, -0.2) is 10.8 Å². The number of ketones is 1. The van der Waals surface area contributed by atoms with Crippen LogP contribution in [0.3, 0.4) is 0 Å². The molecule has 1 aromatic heterocycles. The van der Waals surface area contributed by atoms with Crippen LogP contribution in [0.4, 0.5) is 0 Å². The standard InChI is InChI=1S/C10H15NOS/c1-7(12)5-4-6-10-11-8(2)9(3)13-10/h4-6H2,1-3H3. The maximum atomic E-state index is 10.7. The SMILES string of the molecule is CC(=O)CCCc1nc(C)c(C)s1. The molecular formula is C10H15NOS. The molecule has 0 fully saturated rings. The molecule has 1 aromatic rings. The Morgan fingerprint density at radius 1 is 1.46 bits per heavy atom. The first-order valence-electron chi connectivity index (χ1n) is 4.52. The van der Waals surface area contributed by atoms with E-state index in [4.69, 9.17) is 0 Å². The Bertz CT molecular complexity index is 284. The molecule has 1 rings (SSSR count). The quantitative estimate of drug-likeness (QED) is 0.742. The van der Waals surface area contributed by atoms with Crippen molar-refractivity contribution in [1.29, 1.82) is 0 Å². The number of aromatic nitrogens is 1. The van der Waals surface area contributed by atoms with Gasteiger partial charge in [0.05, 0.1) is 10.7 Å². The molecule has 0 aliphatic carbocycles. The molecule has 13 heavy (non-hydrogen) atoms. The van der Waals surface area contributed by atoms with Crippen LogP contribution in [0.5, 0.6) is 0 Å². The lowest BCUT2D eigenvalue weighted by Crippen LogP contribution is -1.92. The van der Waals surface area contributed by atoms with Crippen molar-refractivity contribution < 1.29 is 4.79 Å². The van der Waals surface area contributed by atoms with Crippen molar-refractivity contribution in [2.75, 3.05) is 0 Å². The lowest BCUT2D eigenvalue weighted by atomic mass is 10.2. The van der Waals surface area contributed by atoms with Gasteiger partial charge in [-0.3, -0.25) is 0 Å². The number of rotatable bonds is 4. The third kappa shape index (κ3) is 3.27. The van der Waals surface area contributed by atoms with E-state index in [1.807, 2.05) is 6.92 Å². The Labute approximate surface area is 83.0 Å². The summed E-state index contributed by atoms with van der Waals surface area (Å²) < 4.78 is 0. The van der Waals surface area contributed by atoms with E-state index in [2.05, 4.69) is 11.9 Å². The molecular weight excluding hydrogens is 182 g/mol. The highest BCUT2D eigenvalue weighted by atomic mass is 32.1. The van der Waals surface area contributed by atoms with Gasteiger partial charge in [-0.15, -0.1) is 11.3 Å². The van der Waals surface area contributed by atoms with Crippen LogP contribution in [0.25, 0.3) is 0 Å². The molecule has 0 N–H and O–H groups in total. The smallest absolute Gasteiger partial charge is 0.129 e. The van der Waals surface area contributed by atoms with Gasteiger partial charge in [0.15, 0.2) is 0 Å². The van der Waals surface area contributed by atoms with E-state index < -0.39 is 0 Å². The van der Waals surface area contributed by atoms with Gasteiger partial charge < -0.3 is 4.79 Å². The first kappa shape index (κ1) is 10.4. The first-order valence-corrected chi connectivity index (χ1v) is 5.33. The summed E-state index contributed by atoms with van der Waals surface area (Å²) in [7, 11) is 0. The number of Topliss-reactive ketones (excluding diaryl/α,β-unsaturated/α-hetero) is 1. The van der Waals surface area contributed by atoms with E-state index in [9.17, 15) is 4.79 Å². The molecule has 72 valence electrons. The molecule has 0 aliphatic rings. The maximum Gasteiger partial charge on any atom is 0.129 e. The number of carbonyl (C=O) groups is 1. The normalized spacial score (nSPS) is 10.4. The summed E-state index contributed by atoms with van der Waals surface area (Å²) in [6.45, 7) is 5.75. The van der Waals surface area contributed by atoms with Crippen LogP contribution in [0.2, 0.25) is 0 Å². The molecule has 0 bridgehead atoms. The zero-order valence-electron chi connectivity index (χ0n) is 8.39. The van der Waals surface area contributed by atoms with Gasteiger partial charge in [0.25, 0.3) is 0 Å². The molecule has 0 aliphatic heterocycles. The third-order valence-electron chi connectivity index (χ3n) is 1.99. The lowest BCUT2D eigenvalue weighted by Gasteiger charge is -1.92. The minimum Gasteiger partial charge on any atom is -0.300 e. The number of thiazole rings is 1. The molecule has 2 nitrogen and oxygen atoms in total. The average molecular weight is 197 g/mol. The predicted molar refractivity (Wildman–Crippen MR) is 55.2 cm³/mol. The molecule has 0 amide bonds. The largest absolute Gasteiger partial charge is 0.300 e. The highest BCUT2D eigenvalue weighted by Gasteiger charge is 2.03. The number of carbonyl (C=O) groups excluding carboxylic acids is 1. The van der Waals surface area contributed by atoms with E-state index >= 15 is 0 Å². The van der Waals surface area contributed by atoms with Crippen LogP contribution >= 0.6 is 11.3 Å². The van der Waals surface area contributed by atoms with Crippen molar-refractivity contribution >= 4 is 17.1 Å². The van der Waals surface area contributed by atoms with Gasteiger partial charge in [0.2, 0.25) is 0 Å². The van der Waals surface area contributed by atoms with E-state index in [1.54, 1.807) is 18.3 Å². The van der Waals surface area contributed by atoms with Crippen molar-refractivity contribution in [3.63, 3.8) is 0 Å². The lowest BCUT2D eigenvalue weighted by molar-refractivity contribution is -0.117.